The second-order valence-electron chi connectivity index (χ2n) is 6.30. The van der Waals surface area contributed by atoms with Gasteiger partial charge in [0.15, 0.2) is 0 Å². The molecule has 0 saturated heterocycles. The van der Waals surface area contributed by atoms with E-state index in [-0.39, 0.29) is 0 Å². The molecule has 0 unspecified atom stereocenters. The smallest absolute Gasteiger partial charge is 0.0248 e. The van der Waals surface area contributed by atoms with E-state index in [1.165, 1.54) is 41.5 Å². The molecule has 2 aromatic rings. The normalized spacial score (nSPS) is 18.0. The minimum absolute atomic E-state index is 0.805. The number of rotatable bonds is 5. The zero-order valence-electron chi connectivity index (χ0n) is 12.3. The van der Waals surface area contributed by atoms with E-state index in [0.29, 0.717) is 0 Å². The van der Waals surface area contributed by atoms with Gasteiger partial charge in [-0.1, -0.05) is 18.2 Å². The lowest BCUT2D eigenvalue weighted by molar-refractivity contribution is 0.246. The molecule has 2 nitrogen and oxygen atoms in total. The summed E-state index contributed by atoms with van der Waals surface area (Å²) in [6.07, 6.45) is 3.92. The summed E-state index contributed by atoms with van der Waals surface area (Å²) in [6.45, 7) is 4.35. The van der Waals surface area contributed by atoms with E-state index in [2.05, 4.69) is 45.2 Å². The van der Waals surface area contributed by atoms with Gasteiger partial charge in [-0.05, 0) is 64.9 Å². The van der Waals surface area contributed by atoms with Crippen LogP contribution in [0.4, 0.5) is 0 Å². The number of hydrogen-bond acceptors (Lipinski definition) is 3. The van der Waals surface area contributed by atoms with E-state index in [0.717, 1.165) is 32.2 Å². The Morgan fingerprint density at radius 2 is 2.00 bits per heavy atom. The van der Waals surface area contributed by atoms with Gasteiger partial charge in [-0.25, -0.2) is 0 Å². The molecule has 0 spiro atoms. The molecule has 21 heavy (non-hydrogen) atoms. The summed E-state index contributed by atoms with van der Waals surface area (Å²) in [6, 6.07) is 10.2. The lowest BCUT2D eigenvalue weighted by Crippen LogP contribution is -2.26. The maximum Gasteiger partial charge on any atom is 0.0248 e. The minimum atomic E-state index is 0.805. The Morgan fingerprint density at radius 3 is 2.81 bits per heavy atom. The fraction of sp³-hybridized carbons (Fsp3) is 0.444. The summed E-state index contributed by atoms with van der Waals surface area (Å²) in [5.41, 5.74) is 5.98. The summed E-state index contributed by atoms with van der Waals surface area (Å²) >= 11 is 1.80. The van der Waals surface area contributed by atoms with E-state index in [1.54, 1.807) is 11.3 Å². The molecule has 1 fully saturated rings. The second-order valence-corrected chi connectivity index (χ2v) is 7.08. The SMILES string of the molecule is c1cc(CN(Cc2ccc3c(c2)CNCC3)C2CC2)cs1. The summed E-state index contributed by atoms with van der Waals surface area (Å²) in [4.78, 5) is 2.65. The zero-order chi connectivity index (χ0) is 14.1. The van der Waals surface area contributed by atoms with E-state index < -0.39 is 0 Å². The van der Waals surface area contributed by atoms with Crippen molar-refractivity contribution < 1.29 is 0 Å². The molecule has 2 aliphatic rings. The molecule has 2 heterocycles. The summed E-state index contributed by atoms with van der Waals surface area (Å²) < 4.78 is 0. The number of fused-ring (bicyclic) bond motifs is 1. The third-order valence-electron chi connectivity index (χ3n) is 4.57. The second kappa shape index (κ2) is 5.91. The van der Waals surface area contributed by atoms with Crippen LogP contribution in [0.5, 0.6) is 0 Å². The van der Waals surface area contributed by atoms with Gasteiger partial charge in [-0.2, -0.15) is 11.3 Å². The average Bonchev–Trinajstić information content (AvgIpc) is 3.24. The Morgan fingerprint density at radius 1 is 1.10 bits per heavy atom. The van der Waals surface area contributed by atoms with Crippen molar-refractivity contribution in [2.24, 2.45) is 0 Å². The standard InChI is InChI=1S/C18H22N2S/c1-2-16-5-7-19-10-17(16)9-14(1)11-20(18-3-4-18)12-15-6-8-21-13-15/h1-2,6,8-9,13,18-19H,3-5,7,10-12H2. The van der Waals surface area contributed by atoms with Crippen molar-refractivity contribution in [3.8, 4) is 0 Å². The van der Waals surface area contributed by atoms with Crippen LogP contribution in [0.15, 0.2) is 35.0 Å². The molecule has 110 valence electrons. The minimum Gasteiger partial charge on any atom is -0.312 e. The molecule has 4 rings (SSSR count). The maximum absolute atomic E-state index is 3.48. The largest absolute Gasteiger partial charge is 0.312 e. The molecule has 0 radical (unpaired) electrons. The van der Waals surface area contributed by atoms with Gasteiger partial charge in [0.25, 0.3) is 0 Å². The van der Waals surface area contributed by atoms with E-state index in [9.17, 15) is 0 Å². The highest BCUT2D eigenvalue weighted by atomic mass is 32.1. The lowest BCUT2D eigenvalue weighted by Gasteiger charge is -2.23. The topological polar surface area (TPSA) is 15.3 Å². The van der Waals surface area contributed by atoms with Gasteiger partial charge in [0.1, 0.15) is 0 Å². The Bertz CT molecular complexity index is 602. The predicted molar refractivity (Wildman–Crippen MR) is 88.4 cm³/mol. The average molecular weight is 298 g/mol. The third-order valence-corrected chi connectivity index (χ3v) is 5.30. The van der Waals surface area contributed by atoms with Gasteiger partial charge < -0.3 is 5.32 Å². The highest BCUT2D eigenvalue weighted by molar-refractivity contribution is 7.07. The zero-order valence-corrected chi connectivity index (χ0v) is 13.2. The van der Waals surface area contributed by atoms with Crippen molar-refractivity contribution in [1.82, 2.24) is 10.2 Å². The van der Waals surface area contributed by atoms with Crippen LogP contribution in [0.2, 0.25) is 0 Å². The lowest BCUT2D eigenvalue weighted by atomic mass is 9.98. The van der Waals surface area contributed by atoms with Crippen LogP contribution < -0.4 is 5.32 Å². The van der Waals surface area contributed by atoms with Crippen molar-refractivity contribution in [3.63, 3.8) is 0 Å². The molecular formula is C18H22N2S. The molecule has 0 atom stereocenters. The summed E-state index contributed by atoms with van der Waals surface area (Å²) in [5.74, 6) is 0. The van der Waals surface area contributed by atoms with Crippen molar-refractivity contribution in [2.45, 2.75) is 44.9 Å². The van der Waals surface area contributed by atoms with Crippen LogP contribution in [0, 0.1) is 0 Å². The van der Waals surface area contributed by atoms with Gasteiger partial charge in [-0.15, -0.1) is 0 Å². The summed E-state index contributed by atoms with van der Waals surface area (Å²) in [7, 11) is 0. The quantitative estimate of drug-likeness (QED) is 0.908. The maximum atomic E-state index is 3.48. The Balaban J connectivity index is 1.50. The van der Waals surface area contributed by atoms with E-state index in [1.807, 2.05) is 0 Å². The van der Waals surface area contributed by atoms with Gasteiger partial charge in [0, 0.05) is 25.7 Å². The molecule has 0 amide bonds. The van der Waals surface area contributed by atoms with Gasteiger partial charge in [-0.3, -0.25) is 4.90 Å². The third kappa shape index (κ3) is 3.20. The van der Waals surface area contributed by atoms with E-state index >= 15 is 0 Å². The Hall–Kier alpha value is -1.16. The summed E-state index contributed by atoms with van der Waals surface area (Å²) in [5, 5.41) is 7.95. The van der Waals surface area contributed by atoms with Crippen LogP contribution in [-0.4, -0.2) is 17.5 Å². The van der Waals surface area contributed by atoms with Gasteiger partial charge in [0.05, 0.1) is 0 Å². The molecule has 0 bridgehead atoms. The van der Waals surface area contributed by atoms with Crippen LogP contribution >= 0.6 is 11.3 Å². The molecule has 1 aliphatic carbocycles. The molecule has 3 heteroatoms. The van der Waals surface area contributed by atoms with Crippen LogP contribution in [0.1, 0.15) is 35.1 Å². The fourth-order valence-corrected chi connectivity index (χ4v) is 3.90. The molecule has 1 aliphatic heterocycles. The first-order valence-electron chi connectivity index (χ1n) is 7.95. The first kappa shape index (κ1) is 13.5. The number of benzene rings is 1. The van der Waals surface area contributed by atoms with Crippen molar-refractivity contribution in [1.29, 1.82) is 0 Å². The van der Waals surface area contributed by atoms with Crippen LogP contribution in [0.25, 0.3) is 0 Å². The van der Waals surface area contributed by atoms with Crippen molar-refractivity contribution >= 4 is 11.3 Å². The number of thiophene rings is 1. The highest BCUT2D eigenvalue weighted by Crippen LogP contribution is 2.30. The molecule has 1 saturated carbocycles. The molecular weight excluding hydrogens is 276 g/mol. The van der Waals surface area contributed by atoms with Crippen LogP contribution in [-0.2, 0) is 26.1 Å². The number of nitrogens with zero attached hydrogens (tertiary/aromatic N) is 1. The van der Waals surface area contributed by atoms with Crippen molar-refractivity contribution in [3.05, 3.63) is 57.3 Å². The highest BCUT2D eigenvalue weighted by Gasteiger charge is 2.29. The Kier molecular flexibility index (Phi) is 3.80. The monoisotopic (exact) mass is 298 g/mol. The first-order chi connectivity index (χ1) is 10.4. The molecule has 1 aromatic carbocycles. The first-order valence-corrected chi connectivity index (χ1v) is 8.89. The Labute approximate surface area is 130 Å². The van der Waals surface area contributed by atoms with Gasteiger partial charge >= 0.3 is 0 Å². The predicted octanol–water partition coefficient (Wildman–Crippen LogP) is 3.56. The van der Waals surface area contributed by atoms with E-state index in [4.69, 9.17) is 0 Å². The fourth-order valence-electron chi connectivity index (χ4n) is 3.24. The number of hydrogen-bond donors (Lipinski definition) is 1. The van der Waals surface area contributed by atoms with Gasteiger partial charge in [0.2, 0.25) is 0 Å². The van der Waals surface area contributed by atoms with Crippen LogP contribution in [0.3, 0.4) is 0 Å². The molecule has 1 aromatic heterocycles. The van der Waals surface area contributed by atoms with Crippen molar-refractivity contribution in [2.75, 3.05) is 6.54 Å². The molecule has 1 N–H and O–H groups in total. The number of nitrogens with one attached hydrogen (secondary N) is 1.